The maximum Gasteiger partial charge on any atom is 0.229 e. The first-order valence-corrected chi connectivity index (χ1v) is 12.0. The van der Waals surface area contributed by atoms with Gasteiger partial charge >= 0.3 is 0 Å². The van der Waals surface area contributed by atoms with Gasteiger partial charge in [0.05, 0.1) is 17.4 Å². The molecule has 2 aromatic heterocycles. The summed E-state index contributed by atoms with van der Waals surface area (Å²) in [6.45, 7) is 0. The van der Waals surface area contributed by atoms with Crippen molar-refractivity contribution in [3.8, 4) is 5.75 Å². The van der Waals surface area contributed by atoms with Crippen molar-refractivity contribution in [1.29, 1.82) is 0 Å². The van der Waals surface area contributed by atoms with Gasteiger partial charge in [-0.05, 0) is 67.4 Å². The average molecular weight is 518 g/mol. The van der Waals surface area contributed by atoms with Crippen molar-refractivity contribution < 1.29 is 9.31 Å². The molecule has 1 fully saturated rings. The summed E-state index contributed by atoms with van der Waals surface area (Å²) in [5.41, 5.74) is 2.70. The Morgan fingerprint density at radius 3 is 2.59 bits per heavy atom. The van der Waals surface area contributed by atoms with Crippen molar-refractivity contribution >= 4 is 56.2 Å². The smallest absolute Gasteiger partial charge is 0.229 e. The molecule has 0 amide bonds. The number of pyridine rings is 1. The van der Waals surface area contributed by atoms with Crippen LogP contribution in [0.1, 0.15) is 12.8 Å². The molecule has 2 heterocycles. The van der Waals surface area contributed by atoms with E-state index in [1.807, 2.05) is 54.6 Å². The second-order valence-corrected chi connectivity index (χ2v) is 9.60. The van der Waals surface area contributed by atoms with E-state index in [1.54, 1.807) is 12.4 Å². The zero-order chi connectivity index (χ0) is 23.5. The summed E-state index contributed by atoms with van der Waals surface area (Å²) in [5.74, 6) is 2.69. The molecule has 5 rings (SSSR count). The van der Waals surface area contributed by atoms with Crippen LogP contribution in [0.25, 0.3) is 10.9 Å². The number of nitrogens with one attached hydrogen (secondary N) is 2. The van der Waals surface area contributed by atoms with Crippen molar-refractivity contribution in [3.63, 3.8) is 0 Å². The summed E-state index contributed by atoms with van der Waals surface area (Å²) in [5, 5.41) is 7.60. The standard InChI is InChI=1S/C26H26BrN6O/c1-33(2)16-17-11-23(12-17)34-22-6-4-20(5-7-22)31-26-28-10-9-25(32-26)30-21-14-18-13-19(27)3-8-24(18)29-15-21/h3-10,13-17,23H,11-12H2,1-2H3,(H2,28,30,31,32)/q+1. The molecule has 0 unspecified atom stereocenters. The molecule has 1 aliphatic carbocycles. The lowest BCUT2D eigenvalue weighted by atomic mass is 9.83. The molecule has 0 radical (unpaired) electrons. The molecule has 2 aromatic carbocycles. The highest BCUT2D eigenvalue weighted by molar-refractivity contribution is 9.10. The van der Waals surface area contributed by atoms with Crippen LogP contribution >= 0.6 is 15.9 Å². The fourth-order valence-electron chi connectivity index (χ4n) is 3.99. The molecule has 8 heteroatoms. The zero-order valence-corrected chi connectivity index (χ0v) is 20.7. The second-order valence-electron chi connectivity index (χ2n) is 8.68. The van der Waals surface area contributed by atoms with Crippen LogP contribution in [0.3, 0.4) is 0 Å². The molecule has 0 atom stereocenters. The van der Waals surface area contributed by atoms with E-state index >= 15 is 0 Å². The Morgan fingerprint density at radius 2 is 1.79 bits per heavy atom. The average Bonchev–Trinajstić information content (AvgIpc) is 2.78. The molecule has 0 saturated heterocycles. The fourth-order valence-corrected chi connectivity index (χ4v) is 4.37. The van der Waals surface area contributed by atoms with E-state index in [9.17, 15) is 0 Å². The van der Waals surface area contributed by atoms with Crippen molar-refractivity contribution in [2.45, 2.75) is 18.9 Å². The van der Waals surface area contributed by atoms with Crippen LogP contribution in [0.4, 0.5) is 23.1 Å². The third kappa shape index (κ3) is 5.51. The molecule has 1 aliphatic rings. The molecule has 2 N–H and O–H groups in total. The second kappa shape index (κ2) is 9.77. The molecule has 7 nitrogen and oxygen atoms in total. The topological polar surface area (TPSA) is 75.0 Å². The normalized spacial score (nSPS) is 17.0. The summed E-state index contributed by atoms with van der Waals surface area (Å²) in [6.07, 6.45) is 8.19. The first kappa shape index (κ1) is 22.3. The Balaban J connectivity index is 1.20. The van der Waals surface area contributed by atoms with Gasteiger partial charge in [0.2, 0.25) is 5.95 Å². The van der Waals surface area contributed by atoms with Crippen LogP contribution in [0.2, 0.25) is 0 Å². The van der Waals surface area contributed by atoms with Crippen molar-refractivity contribution in [2.75, 3.05) is 24.7 Å². The van der Waals surface area contributed by atoms with Gasteiger partial charge < -0.3 is 15.4 Å². The number of nitrogens with zero attached hydrogens (tertiary/aromatic N) is 4. The Kier molecular flexibility index (Phi) is 6.40. The molecule has 0 bridgehead atoms. The molecular weight excluding hydrogens is 492 g/mol. The summed E-state index contributed by atoms with van der Waals surface area (Å²) in [4.78, 5) is 13.4. The van der Waals surface area contributed by atoms with Crippen LogP contribution < -0.4 is 15.4 Å². The van der Waals surface area contributed by atoms with Crippen LogP contribution in [0.15, 0.2) is 71.5 Å². The van der Waals surface area contributed by atoms with Crippen molar-refractivity contribution in [3.05, 3.63) is 71.5 Å². The van der Waals surface area contributed by atoms with E-state index in [0.29, 0.717) is 17.7 Å². The van der Waals surface area contributed by atoms with Gasteiger partial charge in [-0.2, -0.15) is 4.98 Å². The van der Waals surface area contributed by atoms with Gasteiger partial charge in [0.15, 0.2) is 0 Å². The number of anilines is 4. The first-order chi connectivity index (χ1) is 16.5. The maximum absolute atomic E-state index is 6.07. The molecule has 1 saturated carbocycles. The SMILES string of the molecule is C[N+](C)=CC1CC(Oc2ccc(Nc3nccc(Nc4cnc5ccc(Br)cc5c4)n3)cc2)C1. The molecular formula is C26H26BrN6O+. The van der Waals surface area contributed by atoms with Gasteiger partial charge in [-0.1, -0.05) is 15.9 Å². The largest absolute Gasteiger partial charge is 0.490 e. The maximum atomic E-state index is 6.07. The minimum Gasteiger partial charge on any atom is -0.490 e. The van der Waals surface area contributed by atoms with E-state index in [0.717, 1.165) is 45.3 Å². The number of fused-ring (bicyclic) bond motifs is 1. The van der Waals surface area contributed by atoms with Gasteiger partial charge in [-0.3, -0.25) is 4.98 Å². The Labute approximate surface area is 207 Å². The van der Waals surface area contributed by atoms with Gasteiger partial charge in [0.1, 0.15) is 38.0 Å². The van der Waals surface area contributed by atoms with Crippen LogP contribution in [0.5, 0.6) is 5.75 Å². The summed E-state index contributed by atoms with van der Waals surface area (Å²) in [6, 6.07) is 17.8. The first-order valence-electron chi connectivity index (χ1n) is 11.2. The Morgan fingerprint density at radius 1 is 0.971 bits per heavy atom. The predicted octanol–water partition coefficient (Wildman–Crippen LogP) is 5.77. The number of benzene rings is 2. The number of ether oxygens (including phenoxy) is 1. The number of halogens is 1. The van der Waals surface area contributed by atoms with Gasteiger partial charge in [-0.15, -0.1) is 0 Å². The lowest BCUT2D eigenvalue weighted by Gasteiger charge is -2.31. The lowest BCUT2D eigenvalue weighted by Crippen LogP contribution is -2.35. The molecule has 4 aromatic rings. The highest BCUT2D eigenvalue weighted by atomic mass is 79.9. The van der Waals surface area contributed by atoms with E-state index < -0.39 is 0 Å². The highest BCUT2D eigenvalue weighted by Crippen LogP contribution is 2.31. The predicted molar refractivity (Wildman–Crippen MR) is 140 cm³/mol. The fraction of sp³-hybridized carbons (Fsp3) is 0.231. The number of aromatic nitrogens is 3. The zero-order valence-electron chi connectivity index (χ0n) is 19.1. The van der Waals surface area contributed by atoms with Gasteiger partial charge in [-0.25, -0.2) is 9.56 Å². The van der Waals surface area contributed by atoms with E-state index in [-0.39, 0.29) is 6.10 Å². The monoisotopic (exact) mass is 517 g/mol. The summed E-state index contributed by atoms with van der Waals surface area (Å²) in [7, 11) is 4.13. The summed E-state index contributed by atoms with van der Waals surface area (Å²) < 4.78 is 9.21. The minimum absolute atomic E-state index is 0.289. The lowest BCUT2D eigenvalue weighted by molar-refractivity contribution is -0.462. The van der Waals surface area contributed by atoms with Crippen LogP contribution in [-0.4, -0.2) is 45.9 Å². The molecule has 0 spiro atoms. The number of rotatable bonds is 7. The van der Waals surface area contributed by atoms with Crippen LogP contribution in [-0.2, 0) is 0 Å². The Hall–Kier alpha value is -3.52. The molecule has 34 heavy (non-hydrogen) atoms. The quantitative estimate of drug-likeness (QED) is 0.239. The highest BCUT2D eigenvalue weighted by Gasteiger charge is 2.31. The minimum atomic E-state index is 0.289. The third-order valence-electron chi connectivity index (χ3n) is 5.62. The van der Waals surface area contributed by atoms with Crippen molar-refractivity contribution in [1.82, 2.24) is 15.0 Å². The van der Waals surface area contributed by atoms with Gasteiger partial charge in [0, 0.05) is 27.7 Å². The van der Waals surface area contributed by atoms with E-state index in [4.69, 9.17) is 4.74 Å². The van der Waals surface area contributed by atoms with Gasteiger partial charge in [0.25, 0.3) is 0 Å². The number of hydrogen-bond donors (Lipinski definition) is 2. The number of hydrogen-bond acceptors (Lipinski definition) is 6. The summed E-state index contributed by atoms with van der Waals surface area (Å²) >= 11 is 3.51. The molecule has 172 valence electrons. The molecule has 0 aliphatic heterocycles. The van der Waals surface area contributed by atoms with E-state index in [1.165, 1.54) is 0 Å². The van der Waals surface area contributed by atoms with Crippen molar-refractivity contribution in [2.24, 2.45) is 5.92 Å². The third-order valence-corrected chi connectivity index (χ3v) is 6.12. The van der Waals surface area contributed by atoms with E-state index in [2.05, 4.69) is 66.4 Å². The Bertz CT molecular complexity index is 1330. The van der Waals surface area contributed by atoms with Crippen LogP contribution in [0, 0.1) is 5.92 Å².